The van der Waals surface area contributed by atoms with Gasteiger partial charge in [-0.3, -0.25) is 4.79 Å². The minimum atomic E-state index is -3.27. The highest BCUT2D eigenvalue weighted by Gasteiger charge is 2.24. The summed E-state index contributed by atoms with van der Waals surface area (Å²) in [5.41, 5.74) is 2.65. The standard InChI is InChI=1S/C19H24N2O5S/c1-6-15-16(19(23)26-4)11(2)17(21-15)18(22)20-12(3)13-7-9-14(10-8-13)27(5,24)25/h7-10,12,21H,6H2,1-5H3,(H,20,22). The SMILES string of the molecule is CCc1[nH]c(C(=O)NC(C)c2ccc(S(C)(=O)=O)cc2)c(C)c1C(=O)OC. The molecule has 27 heavy (non-hydrogen) atoms. The molecule has 0 aliphatic carbocycles. The number of hydrogen-bond donors (Lipinski definition) is 2. The van der Waals surface area contributed by atoms with E-state index < -0.39 is 15.8 Å². The number of amides is 1. The van der Waals surface area contributed by atoms with Gasteiger partial charge in [0.25, 0.3) is 5.91 Å². The molecule has 0 fully saturated rings. The van der Waals surface area contributed by atoms with Gasteiger partial charge in [0.05, 0.1) is 23.6 Å². The minimum Gasteiger partial charge on any atom is -0.465 e. The van der Waals surface area contributed by atoms with E-state index in [1.807, 2.05) is 6.92 Å². The summed E-state index contributed by atoms with van der Waals surface area (Å²) in [5, 5.41) is 2.86. The highest BCUT2D eigenvalue weighted by atomic mass is 32.2. The summed E-state index contributed by atoms with van der Waals surface area (Å²) in [6, 6.07) is 6.01. The predicted molar refractivity (Wildman–Crippen MR) is 102 cm³/mol. The van der Waals surface area contributed by atoms with E-state index in [-0.39, 0.29) is 16.8 Å². The van der Waals surface area contributed by atoms with E-state index in [4.69, 9.17) is 4.74 Å². The van der Waals surface area contributed by atoms with E-state index in [2.05, 4.69) is 10.3 Å². The Hall–Kier alpha value is -2.61. The molecule has 0 aliphatic heterocycles. The molecule has 1 atom stereocenters. The number of nitrogens with one attached hydrogen (secondary N) is 2. The Morgan fingerprint density at radius 2 is 1.81 bits per heavy atom. The summed E-state index contributed by atoms with van der Waals surface area (Å²) < 4.78 is 27.9. The summed E-state index contributed by atoms with van der Waals surface area (Å²) in [7, 11) is -1.97. The molecule has 2 N–H and O–H groups in total. The third-order valence-electron chi connectivity index (χ3n) is 4.45. The maximum Gasteiger partial charge on any atom is 0.339 e. The number of ether oxygens (including phenoxy) is 1. The molecule has 1 heterocycles. The van der Waals surface area contributed by atoms with Crippen molar-refractivity contribution in [3.63, 3.8) is 0 Å². The van der Waals surface area contributed by atoms with E-state index >= 15 is 0 Å². The molecule has 7 nitrogen and oxygen atoms in total. The van der Waals surface area contributed by atoms with Crippen LogP contribution in [-0.2, 0) is 21.0 Å². The average molecular weight is 392 g/mol. The molecule has 2 aromatic rings. The fourth-order valence-electron chi connectivity index (χ4n) is 2.88. The fourth-order valence-corrected chi connectivity index (χ4v) is 3.52. The van der Waals surface area contributed by atoms with Crippen LogP contribution in [0.15, 0.2) is 29.2 Å². The van der Waals surface area contributed by atoms with E-state index in [9.17, 15) is 18.0 Å². The zero-order valence-corrected chi connectivity index (χ0v) is 16.9. The van der Waals surface area contributed by atoms with Crippen molar-refractivity contribution in [1.82, 2.24) is 10.3 Å². The number of H-pyrrole nitrogens is 1. The number of esters is 1. The molecule has 1 aromatic heterocycles. The molecular formula is C19H24N2O5S. The van der Waals surface area contributed by atoms with Crippen molar-refractivity contribution in [3.8, 4) is 0 Å². The lowest BCUT2D eigenvalue weighted by Crippen LogP contribution is -2.27. The Morgan fingerprint density at radius 1 is 1.22 bits per heavy atom. The molecule has 0 saturated heterocycles. The van der Waals surface area contributed by atoms with Gasteiger partial charge >= 0.3 is 5.97 Å². The number of aromatic nitrogens is 1. The van der Waals surface area contributed by atoms with Crippen LogP contribution in [-0.4, -0.2) is 38.6 Å². The third kappa shape index (κ3) is 4.39. The Morgan fingerprint density at radius 3 is 2.30 bits per heavy atom. The van der Waals surface area contributed by atoms with E-state index in [1.165, 1.54) is 19.2 Å². The molecule has 1 aromatic carbocycles. The second kappa shape index (κ2) is 7.96. The number of aromatic amines is 1. The molecule has 0 radical (unpaired) electrons. The zero-order chi connectivity index (χ0) is 20.4. The normalized spacial score (nSPS) is 12.5. The molecule has 1 unspecified atom stereocenters. The van der Waals surface area contributed by atoms with Gasteiger partial charge < -0.3 is 15.0 Å². The number of benzene rings is 1. The minimum absolute atomic E-state index is 0.222. The van der Waals surface area contributed by atoms with Gasteiger partial charge in [0, 0.05) is 11.9 Å². The second-order valence-corrected chi connectivity index (χ2v) is 8.38. The van der Waals surface area contributed by atoms with E-state index in [0.717, 1.165) is 11.8 Å². The lowest BCUT2D eigenvalue weighted by atomic mass is 10.1. The van der Waals surface area contributed by atoms with Gasteiger partial charge in [-0.2, -0.15) is 0 Å². The highest BCUT2D eigenvalue weighted by molar-refractivity contribution is 7.90. The van der Waals surface area contributed by atoms with Gasteiger partial charge in [0.2, 0.25) is 0 Å². The summed E-state index contributed by atoms with van der Waals surface area (Å²) in [4.78, 5) is 27.9. The van der Waals surface area contributed by atoms with Gasteiger partial charge in [-0.15, -0.1) is 0 Å². The fraction of sp³-hybridized carbons (Fsp3) is 0.368. The molecule has 0 saturated carbocycles. The lowest BCUT2D eigenvalue weighted by molar-refractivity contribution is 0.0599. The van der Waals surface area contributed by atoms with Crippen LogP contribution in [0, 0.1) is 6.92 Å². The maximum atomic E-state index is 12.7. The maximum absolute atomic E-state index is 12.7. The van der Waals surface area contributed by atoms with Crippen LogP contribution >= 0.6 is 0 Å². The Balaban J connectivity index is 2.24. The third-order valence-corrected chi connectivity index (χ3v) is 5.58. The molecule has 0 bridgehead atoms. The van der Waals surface area contributed by atoms with Crippen LogP contribution in [0.3, 0.4) is 0 Å². The van der Waals surface area contributed by atoms with Gasteiger partial charge in [-0.1, -0.05) is 19.1 Å². The highest BCUT2D eigenvalue weighted by Crippen LogP contribution is 2.22. The Bertz CT molecular complexity index is 959. The number of aryl methyl sites for hydroxylation is 1. The zero-order valence-electron chi connectivity index (χ0n) is 16.0. The number of methoxy groups -OCH3 is 1. The van der Waals surface area contributed by atoms with Crippen molar-refractivity contribution in [2.45, 2.75) is 38.1 Å². The van der Waals surface area contributed by atoms with Crippen molar-refractivity contribution < 1.29 is 22.7 Å². The summed E-state index contributed by atoms with van der Waals surface area (Å²) in [6.45, 7) is 5.38. The van der Waals surface area contributed by atoms with Crippen LogP contribution in [0.5, 0.6) is 0 Å². The van der Waals surface area contributed by atoms with Crippen molar-refractivity contribution in [1.29, 1.82) is 0 Å². The first-order valence-corrected chi connectivity index (χ1v) is 10.4. The first-order chi connectivity index (χ1) is 12.6. The monoisotopic (exact) mass is 392 g/mol. The molecule has 2 rings (SSSR count). The molecule has 0 aliphatic rings. The summed E-state index contributed by atoms with van der Waals surface area (Å²) in [6.07, 6.45) is 1.70. The molecule has 146 valence electrons. The average Bonchev–Trinajstić information content (AvgIpc) is 2.97. The molecular weight excluding hydrogens is 368 g/mol. The quantitative estimate of drug-likeness (QED) is 0.735. The molecule has 1 amide bonds. The summed E-state index contributed by atoms with van der Waals surface area (Å²) >= 11 is 0. The Labute approximate surface area is 159 Å². The number of rotatable bonds is 6. The second-order valence-electron chi connectivity index (χ2n) is 6.36. The van der Waals surface area contributed by atoms with E-state index in [0.29, 0.717) is 28.9 Å². The van der Waals surface area contributed by atoms with Crippen molar-refractivity contribution in [3.05, 3.63) is 52.3 Å². The predicted octanol–water partition coefficient (Wildman–Crippen LogP) is 2.57. The van der Waals surface area contributed by atoms with Gasteiger partial charge in [-0.05, 0) is 43.5 Å². The van der Waals surface area contributed by atoms with Crippen LogP contribution in [0.1, 0.15) is 57.6 Å². The van der Waals surface area contributed by atoms with Gasteiger partial charge in [0.1, 0.15) is 5.69 Å². The topological polar surface area (TPSA) is 105 Å². The largest absolute Gasteiger partial charge is 0.465 e. The van der Waals surface area contributed by atoms with Gasteiger partial charge in [0.15, 0.2) is 9.84 Å². The van der Waals surface area contributed by atoms with Crippen LogP contribution in [0.4, 0.5) is 0 Å². The van der Waals surface area contributed by atoms with Crippen LogP contribution < -0.4 is 5.32 Å². The molecule has 0 spiro atoms. The first kappa shape index (κ1) is 20.7. The van der Waals surface area contributed by atoms with Crippen LogP contribution in [0.25, 0.3) is 0 Å². The van der Waals surface area contributed by atoms with E-state index in [1.54, 1.807) is 26.0 Å². The van der Waals surface area contributed by atoms with Crippen molar-refractivity contribution in [2.75, 3.05) is 13.4 Å². The summed E-state index contributed by atoms with van der Waals surface area (Å²) in [5.74, 6) is -0.832. The lowest BCUT2D eigenvalue weighted by Gasteiger charge is -2.14. The number of sulfone groups is 1. The smallest absolute Gasteiger partial charge is 0.339 e. The Kier molecular flexibility index (Phi) is 6.10. The van der Waals surface area contributed by atoms with Crippen LogP contribution in [0.2, 0.25) is 0 Å². The van der Waals surface area contributed by atoms with Crippen molar-refractivity contribution >= 4 is 21.7 Å². The van der Waals surface area contributed by atoms with Gasteiger partial charge in [-0.25, -0.2) is 13.2 Å². The number of carbonyl (C=O) groups is 2. The number of hydrogen-bond acceptors (Lipinski definition) is 5. The number of carbonyl (C=O) groups excluding carboxylic acids is 2. The molecule has 8 heteroatoms. The van der Waals surface area contributed by atoms with Crippen molar-refractivity contribution in [2.24, 2.45) is 0 Å². The first-order valence-electron chi connectivity index (χ1n) is 8.50.